The second-order valence-electron chi connectivity index (χ2n) is 8.33. The van der Waals surface area contributed by atoms with Crippen molar-refractivity contribution in [3.8, 4) is 28.7 Å². The van der Waals surface area contributed by atoms with Gasteiger partial charge in [0.15, 0.2) is 0 Å². The number of ketones is 1. The minimum absolute atomic E-state index is 0.108. The van der Waals surface area contributed by atoms with Crippen LogP contribution in [0.3, 0.4) is 0 Å². The third kappa shape index (κ3) is 5.21. The van der Waals surface area contributed by atoms with Crippen molar-refractivity contribution in [1.82, 2.24) is 15.0 Å². The fourth-order valence-corrected chi connectivity index (χ4v) is 3.75. The van der Waals surface area contributed by atoms with Crippen LogP contribution < -0.4 is 10.5 Å². The van der Waals surface area contributed by atoms with Crippen molar-refractivity contribution in [3.05, 3.63) is 78.3 Å². The van der Waals surface area contributed by atoms with Crippen molar-refractivity contribution in [2.45, 2.75) is 26.4 Å². The van der Waals surface area contributed by atoms with Gasteiger partial charge in [-0.3, -0.25) is 4.79 Å². The number of fused-ring (bicyclic) bond motifs is 1. The molecule has 0 saturated heterocycles. The fraction of sp³-hybridized carbons (Fsp3) is 0.185. The van der Waals surface area contributed by atoms with E-state index >= 15 is 0 Å². The van der Waals surface area contributed by atoms with Crippen LogP contribution in [0.4, 0.5) is 5.82 Å². The first-order valence-electron chi connectivity index (χ1n) is 11.1. The summed E-state index contributed by atoms with van der Waals surface area (Å²) in [4.78, 5) is 24.6. The zero-order chi connectivity index (χ0) is 25.0. The zero-order valence-electron chi connectivity index (χ0n) is 19.7. The quantitative estimate of drug-likeness (QED) is 0.200. The maximum Gasteiger partial charge on any atom is 0.240 e. The van der Waals surface area contributed by atoms with Gasteiger partial charge in [-0.25, -0.2) is 9.97 Å². The smallest absolute Gasteiger partial charge is 0.240 e. The SMILES string of the molecule is CCOC(C)(C)C=C(C#N)C(=O)c1nc(N)c2c(-c3ccc(Oc4ccccc4)cc3)c[nH]c2n1. The average Bonchev–Trinajstić information content (AvgIpc) is 3.28. The van der Waals surface area contributed by atoms with Gasteiger partial charge in [0.25, 0.3) is 0 Å². The molecule has 2 heterocycles. The number of anilines is 1. The third-order valence-corrected chi connectivity index (χ3v) is 5.28. The van der Waals surface area contributed by atoms with Gasteiger partial charge in [0, 0.05) is 18.4 Å². The number of nitrogen functional groups attached to an aromatic ring is 1. The van der Waals surface area contributed by atoms with E-state index in [1.54, 1.807) is 20.0 Å². The zero-order valence-corrected chi connectivity index (χ0v) is 19.7. The van der Waals surface area contributed by atoms with E-state index in [2.05, 4.69) is 15.0 Å². The molecule has 35 heavy (non-hydrogen) atoms. The number of benzene rings is 2. The highest BCUT2D eigenvalue weighted by Crippen LogP contribution is 2.33. The molecule has 8 nitrogen and oxygen atoms in total. The highest BCUT2D eigenvalue weighted by atomic mass is 16.5. The second kappa shape index (κ2) is 9.79. The number of carbonyl (C=O) groups is 1. The molecule has 2 aromatic carbocycles. The number of aromatic nitrogens is 3. The summed E-state index contributed by atoms with van der Waals surface area (Å²) in [7, 11) is 0. The van der Waals surface area contributed by atoms with Gasteiger partial charge in [-0.2, -0.15) is 5.26 Å². The molecule has 3 N–H and O–H groups in total. The Morgan fingerprint density at radius 1 is 1.11 bits per heavy atom. The summed E-state index contributed by atoms with van der Waals surface area (Å²) in [6, 6.07) is 19.0. The lowest BCUT2D eigenvalue weighted by molar-refractivity contribution is 0.0279. The number of nitriles is 1. The monoisotopic (exact) mass is 467 g/mol. The van der Waals surface area contributed by atoms with Crippen LogP contribution in [0, 0.1) is 11.3 Å². The van der Waals surface area contributed by atoms with E-state index in [1.165, 1.54) is 6.08 Å². The van der Waals surface area contributed by atoms with Crippen molar-refractivity contribution in [3.63, 3.8) is 0 Å². The Kier molecular flexibility index (Phi) is 6.62. The maximum atomic E-state index is 13.0. The van der Waals surface area contributed by atoms with Crippen LogP contribution in [0.5, 0.6) is 11.5 Å². The lowest BCUT2D eigenvalue weighted by Gasteiger charge is -2.20. The Balaban J connectivity index is 1.63. The van der Waals surface area contributed by atoms with E-state index in [4.69, 9.17) is 15.2 Å². The molecule has 4 aromatic rings. The summed E-state index contributed by atoms with van der Waals surface area (Å²) >= 11 is 0. The van der Waals surface area contributed by atoms with E-state index in [0.717, 1.165) is 16.9 Å². The number of carbonyl (C=O) groups excluding carboxylic acids is 1. The minimum atomic E-state index is -0.791. The van der Waals surface area contributed by atoms with Gasteiger partial charge in [-0.1, -0.05) is 30.3 Å². The van der Waals surface area contributed by atoms with Crippen molar-refractivity contribution in [2.75, 3.05) is 12.3 Å². The summed E-state index contributed by atoms with van der Waals surface area (Å²) < 4.78 is 11.4. The van der Waals surface area contributed by atoms with Crippen LogP contribution in [0.15, 0.2) is 72.4 Å². The van der Waals surface area contributed by atoms with E-state index < -0.39 is 11.4 Å². The molecule has 0 saturated carbocycles. The molecule has 0 bridgehead atoms. The first kappa shape index (κ1) is 23.7. The molecule has 4 rings (SSSR count). The molecule has 0 spiro atoms. The van der Waals surface area contributed by atoms with Gasteiger partial charge < -0.3 is 20.2 Å². The Labute approximate surface area is 203 Å². The van der Waals surface area contributed by atoms with Crippen molar-refractivity contribution < 1.29 is 14.3 Å². The molecule has 0 unspecified atom stereocenters. The van der Waals surface area contributed by atoms with Gasteiger partial charge >= 0.3 is 0 Å². The van der Waals surface area contributed by atoms with Crippen LogP contribution in [-0.2, 0) is 4.74 Å². The number of rotatable bonds is 8. The number of nitrogens with two attached hydrogens (primary N) is 1. The number of allylic oxidation sites excluding steroid dienone is 1. The highest BCUT2D eigenvalue weighted by molar-refractivity contribution is 6.11. The number of aromatic amines is 1. The number of hydrogen-bond donors (Lipinski definition) is 2. The lowest BCUT2D eigenvalue weighted by atomic mass is 10.0. The predicted molar refractivity (Wildman–Crippen MR) is 134 cm³/mol. The topological polar surface area (TPSA) is 127 Å². The Morgan fingerprint density at radius 2 is 1.80 bits per heavy atom. The van der Waals surface area contributed by atoms with Crippen LogP contribution in [0.2, 0.25) is 0 Å². The molecular weight excluding hydrogens is 442 g/mol. The number of nitrogens with one attached hydrogen (secondary N) is 1. The van der Waals surface area contributed by atoms with E-state index in [-0.39, 0.29) is 17.2 Å². The molecule has 8 heteroatoms. The predicted octanol–water partition coefficient (Wildman–Crippen LogP) is 5.45. The third-order valence-electron chi connectivity index (χ3n) is 5.28. The Bertz CT molecular complexity index is 1430. The van der Waals surface area contributed by atoms with Gasteiger partial charge in [0.05, 0.1) is 11.0 Å². The fourth-order valence-electron chi connectivity index (χ4n) is 3.75. The molecule has 0 atom stereocenters. The number of para-hydroxylation sites is 1. The first-order valence-corrected chi connectivity index (χ1v) is 11.1. The molecule has 0 aliphatic rings. The molecule has 0 fully saturated rings. The maximum absolute atomic E-state index is 13.0. The summed E-state index contributed by atoms with van der Waals surface area (Å²) in [5, 5.41) is 10.1. The van der Waals surface area contributed by atoms with Gasteiger partial charge in [-0.15, -0.1) is 0 Å². The number of nitrogens with zero attached hydrogens (tertiary/aromatic N) is 3. The molecule has 2 aromatic heterocycles. The summed E-state index contributed by atoms with van der Waals surface area (Å²) in [6.07, 6.45) is 3.23. The molecule has 0 amide bonds. The van der Waals surface area contributed by atoms with Gasteiger partial charge in [-0.05, 0) is 56.7 Å². The van der Waals surface area contributed by atoms with Crippen molar-refractivity contribution in [1.29, 1.82) is 5.26 Å². The Morgan fingerprint density at radius 3 is 2.46 bits per heavy atom. The van der Waals surface area contributed by atoms with E-state index in [9.17, 15) is 10.1 Å². The average molecular weight is 468 g/mol. The first-order chi connectivity index (χ1) is 16.8. The van der Waals surface area contributed by atoms with Crippen LogP contribution in [-0.4, -0.2) is 32.9 Å². The lowest BCUT2D eigenvalue weighted by Crippen LogP contribution is -2.23. The van der Waals surface area contributed by atoms with Crippen LogP contribution >= 0.6 is 0 Å². The molecule has 0 aliphatic carbocycles. The molecule has 0 aliphatic heterocycles. The van der Waals surface area contributed by atoms with Crippen LogP contribution in [0.1, 0.15) is 31.4 Å². The van der Waals surface area contributed by atoms with Crippen LogP contribution in [0.25, 0.3) is 22.2 Å². The van der Waals surface area contributed by atoms with Crippen molar-refractivity contribution >= 4 is 22.6 Å². The summed E-state index contributed by atoms with van der Waals surface area (Å²) in [5.74, 6) is 0.809. The standard InChI is InChI=1S/C27H25N5O3/c1-4-34-27(2,3)14-18(15-28)23(33)26-31-24(29)22-21(16-30-25(22)32-26)17-10-12-20(13-11-17)35-19-8-6-5-7-9-19/h5-14,16H,4H2,1-3H3,(H3,29,30,31,32). The number of ether oxygens (including phenoxy) is 2. The highest BCUT2D eigenvalue weighted by Gasteiger charge is 2.24. The normalized spacial score (nSPS) is 11.9. The molecular formula is C27H25N5O3. The van der Waals surface area contributed by atoms with Gasteiger partial charge in [0.2, 0.25) is 11.6 Å². The minimum Gasteiger partial charge on any atom is -0.457 e. The molecule has 0 radical (unpaired) electrons. The number of Topliss-reactive ketones (excluding diaryl/α,β-unsaturated/α-hetero) is 1. The van der Waals surface area contributed by atoms with Gasteiger partial charge in [0.1, 0.15) is 34.6 Å². The summed E-state index contributed by atoms with van der Waals surface area (Å²) in [6.45, 7) is 5.82. The summed E-state index contributed by atoms with van der Waals surface area (Å²) in [5.41, 5.74) is 7.42. The molecule has 176 valence electrons. The number of hydrogen-bond acceptors (Lipinski definition) is 7. The Hall–Kier alpha value is -4.48. The van der Waals surface area contributed by atoms with E-state index in [0.29, 0.717) is 23.4 Å². The van der Waals surface area contributed by atoms with E-state index in [1.807, 2.05) is 67.6 Å². The largest absolute Gasteiger partial charge is 0.457 e. The number of H-pyrrole nitrogens is 1. The second-order valence-corrected chi connectivity index (χ2v) is 8.33. The van der Waals surface area contributed by atoms with Crippen molar-refractivity contribution in [2.24, 2.45) is 0 Å².